The van der Waals surface area contributed by atoms with Crippen LogP contribution in [0.5, 0.6) is 0 Å². The van der Waals surface area contributed by atoms with E-state index >= 15 is 0 Å². The van der Waals surface area contributed by atoms with E-state index in [1.54, 1.807) is 0 Å². The van der Waals surface area contributed by atoms with Crippen LogP contribution in [-0.2, 0) is 0 Å². The molecule has 4 nitrogen and oxygen atoms in total. The molecule has 0 unspecified atom stereocenters. The van der Waals surface area contributed by atoms with Crippen LogP contribution in [-0.4, -0.2) is 23.8 Å². The number of halogens is 4. The number of benzene rings is 1. The summed E-state index contributed by atoms with van der Waals surface area (Å²) in [6.45, 7) is 0.235. The lowest BCUT2D eigenvalue weighted by molar-refractivity contribution is -0.384. The first-order chi connectivity index (χ1) is 8.24. The molecule has 0 spiro atoms. The van der Waals surface area contributed by atoms with Gasteiger partial charge in [0.15, 0.2) is 0 Å². The number of hydrogen-bond acceptors (Lipinski definition) is 3. The minimum Gasteiger partial charge on any atom is -0.378 e. The van der Waals surface area contributed by atoms with Gasteiger partial charge in [0.2, 0.25) is 0 Å². The molecule has 0 amide bonds. The average molecular weight is 266 g/mol. The van der Waals surface area contributed by atoms with Crippen LogP contribution >= 0.6 is 0 Å². The molecule has 0 atom stereocenters. The van der Waals surface area contributed by atoms with E-state index < -0.39 is 23.8 Å². The van der Waals surface area contributed by atoms with E-state index in [1.807, 2.05) is 0 Å². The lowest BCUT2D eigenvalue weighted by Crippen LogP contribution is -2.34. The maximum atomic E-state index is 12.7. The van der Waals surface area contributed by atoms with Crippen LogP contribution in [0.3, 0.4) is 0 Å². The topological polar surface area (TPSA) is 55.2 Å². The number of nitro benzene ring substituents is 1. The van der Waals surface area contributed by atoms with Crippen LogP contribution in [0.15, 0.2) is 18.2 Å². The van der Waals surface area contributed by atoms with Gasteiger partial charge < -0.3 is 5.32 Å². The largest absolute Gasteiger partial charge is 0.378 e. The Kier molecular flexibility index (Phi) is 4.10. The lowest BCUT2D eigenvalue weighted by atomic mass is 10.1. The van der Waals surface area contributed by atoms with Crippen molar-refractivity contribution in [3.05, 3.63) is 33.9 Å². The van der Waals surface area contributed by atoms with Crippen molar-refractivity contribution < 1.29 is 22.5 Å². The number of nitrogens with zero attached hydrogens (tertiary/aromatic N) is 1. The van der Waals surface area contributed by atoms with Crippen molar-refractivity contribution in [1.29, 1.82) is 0 Å². The average Bonchev–Trinajstić information content (AvgIpc) is 2.27. The van der Waals surface area contributed by atoms with Gasteiger partial charge in [0.25, 0.3) is 5.69 Å². The number of nitrogens with one attached hydrogen (secondary N) is 1. The Hall–Kier alpha value is -1.86. The Morgan fingerprint density at radius 1 is 1.44 bits per heavy atom. The SMILES string of the molecule is Cc1ccc([N+](=O)[O-])cc1NCC(F)(F)C(F)F. The van der Waals surface area contributed by atoms with E-state index in [0.717, 1.165) is 6.07 Å². The zero-order valence-electron chi connectivity index (χ0n) is 9.29. The highest BCUT2D eigenvalue weighted by Gasteiger charge is 2.40. The Bertz CT molecular complexity index is 452. The van der Waals surface area contributed by atoms with Crippen LogP contribution < -0.4 is 5.32 Å². The van der Waals surface area contributed by atoms with Gasteiger partial charge in [-0.2, -0.15) is 8.78 Å². The molecule has 1 aromatic rings. The number of hydrogen-bond donors (Lipinski definition) is 1. The molecule has 1 N–H and O–H groups in total. The van der Waals surface area contributed by atoms with Gasteiger partial charge in [-0.15, -0.1) is 0 Å². The first-order valence-corrected chi connectivity index (χ1v) is 4.89. The summed E-state index contributed by atoms with van der Waals surface area (Å²) >= 11 is 0. The van der Waals surface area contributed by atoms with E-state index in [1.165, 1.54) is 19.1 Å². The van der Waals surface area contributed by atoms with Crippen molar-refractivity contribution in [3.8, 4) is 0 Å². The highest BCUT2D eigenvalue weighted by molar-refractivity contribution is 5.56. The Labute approximate surface area is 99.8 Å². The molecule has 1 rings (SSSR count). The molecule has 1 aromatic carbocycles. The monoisotopic (exact) mass is 266 g/mol. The predicted octanol–water partition coefficient (Wildman–Crippen LogP) is 3.22. The third-order valence-electron chi connectivity index (χ3n) is 2.27. The highest BCUT2D eigenvalue weighted by atomic mass is 19.3. The van der Waals surface area contributed by atoms with E-state index in [2.05, 4.69) is 5.32 Å². The van der Waals surface area contributed by atoms with Gasteiger partial charge >= 0.3 is 12.3 Å². The fraction of sp³-hybridized carbons (Fsp3) is 0.400. The molecule has 0 saturated carbocycles. The smallest absolute Gasteiger partial charge is 0.324 e. The second-order valence-electron chi connectivity index (χ2n) is 3.67. The molecule has 0 bridgehead atoms. The van der Waals surface area contributed by atoms with Gasteiger partial charge in [-0.1, -0.05) is 6.07 Å². The van der Waals surface area contributed by atoms with Crippen molar-refractivity contribution in [2.24, 2.45) is 0 Å². The summed E-state index contributed by atoms with van der Waals surface area (Å²) in [4.78, 5) is 9.78. The molecule has 100 valence electrons. The molecule has 0 radical (unpaired) electrons. The first kappa shape index (κ1) is 14.2. The Morgan fingerprint density at radius 2 is 2.06 bits per heavy atom. The summed E-state index contributed by atoms with van der Waals surface area (Å²) in [6.07, 6.45) is -3.79. The van der Waals surface area contributed by atoms with Gasteiger partial charge in [-0.3, -0.25) is 10.1 Å². The van der Waals surface area contributed by atoms with E-state index in [0.29, 0.717) is 5.56 Å². The second-order valence-corrected chi connectivity index (χ2v) is 3.67. The Balaban J connectivity index is 2.85. The van der Waals surface area contributed by atoms with Crippen LogP contribution in [0.25, 0.3) is 0 Å². The molecule has 0 aliphatic rings. The Morgan fingerprint density at radius 3 is 2.56 bits per heavy atom. The van der Waals surface area contributed by atoms with Crippen LogP contribution in [0.4, 0.5) is 28.9 Å². The third kappa shape index (κ3) is 3.31. The maximum absolute atomic E-state index is 12.7. The molecule has 0 heterocycles. The summed E-state index contributed by atoms with van der Waals surface area (Å²) in [6, 6.07) is 3.57. The number of nitro groups is 1. The summed E-state index contributed by atoms with van der Waals surface area (Å²) in [5.74, 6) is -4.18. The van der Waals surface area contributed by atoms with Crippen LogP contribution in [0.1, 0.15) is 5.56 Å². The summed E-state index contributed by atoms with van der Waals surface area (Å²) in [5, 5.41) is 12.6. The van der Waals surface area contributed by atoms with Crippen molar-refractivity contribution in [1.82, 2.24) is 0 Å². The number of alkyl halides is 4. The zero-order chi connectivity index (χ0) is 13.9. The molecule has 0 fully saturated rings. The van der Waals surface area contributed by atoms with E-state index in [-0.39, 0.29) is 11.4 Å². The zero-order valence-corrected chi connectivity index (χ0v) is 9.29. The minimum atomic E-state index is -4.18. The van der Waals surface area contributed by atoms with E-state index in [4.69, 9.17) is 0 Å². The highest BCUT2D eigenvalue weighted by Crippen LogP contribution is 2.26. The standard InChI is InChI=1S/C10H10F4N2O2/c1-6-2-3-7(16(17)18)4-8(6)15-5-10(13,14)9(11)12/h2-4,9,15H,5H2,1H3. The normalized spacial score (nSPS) is 11.7. The van der Waals surface area contributed by atoms with Gasteiger partial charge in [0.05, 0.1) is 11.5 Å². The van der Waals surface area contributed by atoms with Crippen LogP contribution in [0.2, 0.25) is 0 Å². The van der Waals surface area contributed by atoms with Crippen molar-refractivity contribution >= 4 is 11.4 Å². The number of non-ortho nitro benzene ring substituents is 1. The third-order valence-corrected chi connectivity index (χ3v) is 2.27. The number of aryl methyl sites for hydroxylation is 1. The molecule has 8 heteroatoms. The summed E-state index contributed by atoms with van der Waals surface area (Å²) in [7, 11) is 0. The molecule has 0 aliphatic heterocycles. The fourth-order valence-corrected chi connectivity index (χ4v) is 1.20. The molecule has 18 heavy (non-hydrogen) atoms. The molecule has 0 saturated heterocycles. The maximum Gasteiger partial charge on any atom is 0.324 e. The summed E-state index contributed by atoms with van der Waals surface area (Å²) in [5.41, 5.74) is 0.179. The molecule has 0 aromatic heterocycles. The summed E-state index contributed by atoms with van der Waals surface area (Å²) < 4.78 is 49.2. The quantitative estimate of drug-likeness (QED) is 0.505. The van der Waals surface area contributed by atoms with Crippen molar-refractivity contribution in [2.45, 2.75) is 19.3 Å². The van der Waals surface area contributed by atoms with Gasteiger partial charge in [-0.05, 0) is 12.5 Å². The van der Waals surface area contributed by atoms with Gasteiger partial charge in [0.1, 0.15) is 0 Å². The second kappa shape index (κ2) is 5.19. The number of rotatable bonds is 5. The van der Waals surface area contributed by atoms with Crippen molar-refractivity contribution in [3.63, 3.8) is 0 Å². The van der Waals surface area contributed by atoms with Gasteiger partial charge in [-0.25, -0.2) is 8.78 Å². The van der Waals surface area contributed by atoms with Gasteiger partial charge in [0, 0.05) is 17.8 Å². The van der Waals surface area contributed by atoms with Crippen LogP contribution in [0, 0.1) is 17.0 Å². The fourth-order valence-electron chi connectivity index (χ4n) is 1.20. The molecule has 0 aliphatic carbocycles. The lowest BCUT2D eigenvalue weighted by Gasteiger charge is -2.17. The molecular weight excluding hydrogens is 256 g/mol. The van der Waals surface area contributed by atoms with Crippen molar-refractivity contribution in [2.75, 3.05) is 11.9 Å². The first-order valence-electron chi connectivity index (χ1n) is 4.89. The predicted molar refractivity (Wildman–Crippen MR) is 57.3 cm³/mol. The van der Waals surface area contributed by atoms with E-state index in [9.17, 15) is 27.7 Å². The minimum absolute atomic E-state index is 0.0320. The molecular formula is C10H10F4N2O2. The number of anilines is 1.